The number of esters is 1. The van der Waals surface area contributed by atoms with E-state index >= 15 is 0 Å². The van der Waals surface area contributed by atoms with Crippen LogP contribution in [0.25, 0.3) is 0 Å². The second-order valence-electron chi connectivity index (χ2n) is 3.97. The van der Waals surface area contributed by atoms with Crippen molar-refractivity contribution in [1.82, 2.24) is 10.6 Å². The maximum atomic E-state index is 11.1. The molecule has 18 heavy (non-hydrogen) atoms. The first-order valence-corrected chi connectivity index (χ1v) is 5.84. The van der Waals surface area contributed by atoms with E-state index in [1.54, 1.807) is 13.8 Å². The molecular weight excluding hydrogens is 240 g/mol. The van der Waals surface area contributed by atoms with E-state index in [0.29, 0.717) is 13.0 Å². The standard InChI is InChI=1S/C11H20N2O5/c1-8(2)18-10(16)4-3-6-12-11(17)13-7-5-9(14)15/h8H,3-7H2,1-2H3,(H,14,15)(H2,12,13,17). The van der Waals surface area contributed by atoms with Crippen LogP contribution in [0, 0.1) is 0 Å². The molecule has 0 aromatic heterocycles. The van der Waals surface area contributed by atoms with Crippen molar-refractivity contribution in [3.63, 3.8) is 0 Å². The lowest BCUT2D eigenvalue weighted by atomic mass is 10.3. The largest absolute Gasteiger partial charge is 0.481 e. The minimum Gasteiger partial charge on any atom is -0.481 e. The highest BCUT2D eigenvalue weighted by molar-refractivity contribution is 5.75. The van der Waals surface area contributed by atoms with E-state index < -0.39 is 12.0 Å². The molecule has 0 saturated heterocycles. The van der Waals surface area contributed by atoms with Gasteiger partial charge in [0, 0.05) is 19.5 Å². The normalized spacial score (nSPS) is 9.94. The number of urea groups is 1. The Bertz CT molecular complexity index is 291. The van der Waals surface area contributed by atoms with E-state index in [1.807, 2.05) is 0 Å². The highest BCUT2D eigenvalue weighted by atomic mass is 16.5. The van der Waals surface area contributed by atoms with Crippen LogP contribution < -0.4 is 10.6 Å². The van der Waals surface area contributed by atoms with Crippen molar-refractivity contribution >= 4 is 18.0 Å². The lowest BCUT2D eigenvalue weighted by Gasteiger charge is -2.08. The number of carboxylic acids is 1. The summed E-state index contributed by atoms with van der Waals surface area (Å²) in [6.45, 7) is 3.96. The van der Waals surface area contributed by atoms with Crippen LogP contribution in [0.2, 0.25) is 0 Å². The number of hydrogen-bond acceptors (Lipinski definition) is 4. The summed E-state index contributed by atoms with van der Waals surface area (Å²) < 4.78 is 4.92. The molecule has 0 unspecified atom stereocenters. The third-order valence-electron chi connectivity index (χ3n) is 1.83. The molecule has 0 radical (unpaired) electrons. The van der Waals surface area contributed by atoms with Gasteiger partial charge >= 0.3 is 18.0 Å². The Balaban J connectivity index is 3.45. The third-order valence-corrected chi connectivity index (χ3v) is 1.83. The Morgan fingerprint density at radius 3 is 2.28 bits per heavy atom. The summed E-state index contributed by atoms with van der Waals surface area (Å²) >= 11 is 0. The average molecular weight is 260 g/mol. The van der Waals surface area contributed by atoms with Crippen LogP contribution in [-0.2, 0) is 14.3 Å². The number of carbonyl (C=O) groups is 3. The van der Waals surface area contributed by atoms with Crippen LogP contribution in [0.15, 0.2) is 0 Å². The Kier molecular flexibility index (Phi) is 8.34. The molecule has 0 atom stereocenters. The molecule has 0 saturated carbocycles. The first-order chi connectivity index (χ1) is 8.41. The van der Waals surface area contributed by atoms with Crippen molar-refractivity contribution in [3.8, 4) is 0 Å². The fraction of sp³-hybridized carbons (Fsp3) is 0.727. The second-order valence-corrected chi connectivity index (χ2v) is 3.97. The predicted octanol–water partition coefficient (Wildman–Crippen LogP) is 0.492. The Morgan fingerprint density at radius 2 is 1.72 bits per heavy atom. The Labute approximate surface area is 106 Å². The van der Waals surface area contributed by atoms with Gasteiger partial charge in [0.05, 0.1) is 12.5 Å². The molecule has 0 aromatic carbocycles. The van der Waals surface area contributed by atoms with Gasteiger partial charge in [0.2, 0.25) is 0 Å². The van der Waals surface area contributed by atoms with Crippen LogP contribution in [-0.4, -0.2) is 42.3 Å². The summed E-state index contributed by atoms with van der Waals surface area (Å²) in [5.41, 5.74) is 0. The Morgan fingerprint density at radius 1 is 1.11 bits per heavy atom. The molecule has 7 heteroatoms. The van der Waals surface area contributed by atoms with Crippen molar-refractivity contribution in [2.75, 3.05) is 13.1 Å². The molecule has 2 amide bonds. The van der Waals surface area contributed by atoms with Crippen LogP contribution in [0.4, 0.5) is 4.79 Å². The summed E-state index contributed by atoms with van der Waals surface area (Å²) in [7, 11) is 0. The number of carbonyl (C=O) groups excluding carboxylic acids is 2. The molecule has 0 fully saturated rings. The van der Waals surface area contributed by atoms with E-state index in [1.165, 1.54) is 0 Å². The quantitative estimate of drug-likeness (QED) is 0.435. The number of aliphatic carboxylic acids is 1. The van der Waals surface area contributed by atoms with Gasteiger partial charge in [-0.15, -0.1) is 0 Å². The van der Waals surface area contributed by atoms with Crippen LogP contribution in [0.5, 0.6) is 0 Å². The lowest BCUT2D eigenvalue weighted by molar-refractivity contribution is -0.147. The maximum Gasteiger partial charge on any atom is 0.314 e. The fourth-order valence-corrected chi connectivity index (χ4v) is 1.10. The minimum atomic E-state index is -0.966. The summed E-state index contributed by atoms with van der Waals surface area (Å²) in [6, 6.07) is -0.437. The number of ether oxygens (including phenoxy) is 1. The van der Waals surface area contributed by atoms with Gasteiger partial charge < -0.3 is 20.5 Å². The molecule has 0 aromatic rings. The van der Waals surface area contributed by atoms with Gasteiger partial charge in [0.15, 0.2) is 0 Å². The van der Waals surface area contributed by atoms with Gasteiger partial charge in [-0.1, -0.05) is 0 Å². The predicted molar refractivity (Wildman–Crippen MR) is 64.1 cm³/mol. The summed E-state index contributed by atoms with van der Waals surface area (Å²) in [5, 5.41) is 13.3. The molecule has 0 spiro atoms. The number of hydrogen-bond donors (Lipinski definition) is 3. The van der Waals surface area contributed by atoms with E-state index in [4.69, 9.17) is 9.84 Å². The first kappa shape index (κ1) is 16.2. The molecule has 7 nitrogen and oxygen atoms in total. The topological polar surface area (TPSA) is 105 Å². The van der Waals surface area contributed by atoms with Crippen molar-refractivity contribution in [3.05, 3.63) is 0 Å². The van der Waals surface area contributed by atoms with E-state index in [0.717, 1.165) is 0 Å². The van der Waals surface area contributed by atoms with Crippen LogP contribution in [0.3, 0.4) is 0 Å². The molecule has 3 N–H and O–H groups in total. The highest BCUT2D eigenvalue weighted by Crippen LogP contribution is 1.95. The highest BCUT2D eigenvalue weighted by Gasteiger charge is 2.06. The van der Waals surface area contributed by atoms with Crippen molar-refractivity contribution in [2.45, 2.75) is 39.2 Å². The zero-order chi connectivity index (χ0) is 14.0. The number of nitrogens with one attached hydrogen (secondary N) is 2. The van der Waals surface area contributed by atoms with Gasteiger partial charge in [-0.05, 0) is 20.3 Å². The Hall–Kier alpha value is -1.79. The molecule has 0 aliphatic carbocycles. The smallest absolute Gasteiger partial charge is 0.314 e. The molecule has 0 bridgehead atoms. The van der Waals surface area contributed by atoms with Gasteiger partial charge in [-0.25, -0.2) is 4.79 Å². The van der Waals surface area contributed by atoms with Crippen molar-refractivity contribution in [2.24, 2.45) is 0 Å². The number of carboxylic acid groups (broad SMARTS) is 1. The molecule has 104 valence electrons. The minimum absolute atomic E-state index is 0.0799. The second kappa shape index (κ2) is 9.26. The van der Waals surface area contributed by atoms with Crippen molar-refractivity contribution < 1.29 is 24.2 Å². The van der Waals surface area contributed by atoms with Gasteiger partial charge in [0.25, 0.3) is 0 Å². The van der Waals surface area contributed by atoms with Crippen LogP contribution in [0.1, 0.15) is 33.1 Å². The zero-order valence-electron chi connectivity index (χ0n) is 10.7. The third kappa shape index (κ3) is 10.7. The fourth-order valence-electron chi connectivity index (χ4n) is 1.10. The van der Waals surface area contributed by atoms with E-state index in [9.17, 15) is 14.4 Å². The molecular formula is C11H20N2O5. The van der Waals surface area contributed by atoms with Gasteiger partial charge in [-0.2, -0.15) is 0 Å². The monoisotopic (exact) mass is 260 g/mol. The van der Waals surface area contributed by atoms with Crippen molar-refractivity contribution in [1.29, 1.82) is 0 Å². The lowest BCUT2D eigenvalue weighted by Crippen LogP contribution is -2.37. The summed E-state index contributed by atoms with van der Waals surface area (Å²) in [6.07, 6.45) is 0.476. The van der Waals surface area contributed by atoms with Gasteiger partial charge in [-0.3, -0.25) is 9.59 Å². The molecule has 0 aliphatic heterocycles. The number of rotatable bonds is 8. The summed E-state index contributed by atoms with van der Waals surface area (Å²) in [4.78, 5) is 32.4. The molecule has 0 aliphatic rings. The summed E-state index contributed by atoms with van der Waals surface area (Å²) in [5.74, 6) is -1.26. The van der Waals surface area contributed by atoms with Crippen LogP contribution >= 0.6 is 0 Å². The first-order valence-electron chi connectivity index (χ1n) is 5.84. The maximum absolute atomic E-state index is 11.1. The molecule has 0 heterocycles. The average Bonchev–Trinajstić information content (AvgIpc) is 2.23. The van der Waals surface area contributed by atoms with E-state index in [-0.39, 0.29) is 31.5 Å². The molecule has 0 rings (SSSR count). The number of amides is 2. The van der Waals surface area contributed by atoms with Gasteiger partial charge in [0.1, 0.15) is 0 Å². The van der Waals surface area contributed by atoms with E-state index in [2.05, 4.69) is 10.6 Å². The SMILES string of the molecule is CC(C)OC(=O)CCCNC(=O)NCCC(=O)O. The zero-order valence-corrected chi connectivity index (χ0v) is 10.7.